The third-order valence-electron chi connectivity index (χ3n) is 3.37. The Balaban J connectivity index is 1.89. The van der Waals surface area contributed by atoms with Gasteiger partial charge >= 0.3 is 0 Å². The summed E-state index contributed by atoms with van der Waals surface area (Å²) in [5.41, 5.74) is 2.70. The molecule has 2 rings (SSSR count). The molecule has 0 bridgehead atoms. The Labute approximate surface area is 147 Å². The van der Waals surface area contributed by atoms with Crippen LogP contribution in [0.3, 0.4) is 0 Å². The summed E-state index contributed by atoms with van der Waals surface area (Å²) >= 11 is 0. The molecule has 0 fully saturated rings. The lowest BCUT2D eigenvalue weighted by Crippen LogP contribution is -2.41. The number of halogens is 1. The first-order valence-corrected chi connectivity index (χ1v) is 8.20. The minimum atomic E-state index is -0.390. The molecule has 3 N–H and O–H groups in total. The molecule has 2 aromatic rings. The number of benzene rings is 2. The summed E-state index contributed by atoms with van der Waals surface area (Å²) in [6.45, 7) is 5.23. The molecule has 0 aliphatic heterocycles. The maximum atomic E-state index is 13.1. The molecule has 1 amide bonds. The molecule has 5 nitrogen and oxygen atoms in total. The summed E-state index contributed by atoms with van der Waals surface area (Å²) in [7, 11) is 0. The molecule has 0 unspecified atom stereocenters. The van der Waals surface area contributed by atoms with Crippen LogP contribution in [0.15, 0.2) is 53.5 Å². The van der Waals surface area contributed by atoms with Crippen molar-refractivity contribution >= 4 is 17.6 Å². The third-order valence-corrected chi connectivity index (χ3v) is 3.37. The SMILES string of the molecule is CCNC(=NCc1cccc(C)c1)NCC(=O)Nc1cccc(F)c1. The van der Waals surface area contributed by atoms with E-state index in [4.69, 9.17) is 0 Å². The highest BCUT2D eigenvalue weighted by molar-refractivity contribution is 5.94. The number of rotatable bonds is 6. The van der Waals surface area contributed by atoms with Crippen molar-refractivity contribution in [1.82, 2.24) is 10.6 Å². The van der Waals surface area contributed by atoms with Crippen molar-refractivity contribution in [2.75, 3.05) is 18.4 Å². The first kappa shape index (κ1) is 18.4. The minimum absolute atomic E-state index is 0.0379. The van der Waals surface area contributed by atoms with Crippen molar-refractivity contribution in [3.63, 3.8) is 0 Å². The van der Waals surface area contributed by atoms with Crippen LogP contribution in [0, 0.1) is 12.7 Å². The Bertz CT molecular complexity index is 746. The highest BCUT2D eigenvalue weighted by Crippen LogP contribution is 2.08. The van der Waals surface area contributed by atoms with Crippen molar-refractivity contribution < 1.29 is 9.18 Å². The fourth-order valence-electron chi connectivity index (χ4n) is 2.26. The molecule has 0 aliphatic carbocycles. The summed E-state index contributed by atoms with van der Waals surface area (Å²) in [4.78, 5) is 16.4. The summed E-state index contributed by atoms with van der Waals surface area (Å²) < 4.78 is 13.1. The lowest BCUT2D eigenvalue weighted by atomic mass is 10.1. The quantitative estimate of drug-likeness (QED) is 0.559. The number of anilines is 1. The summed E-state index contributed by atoms with van der Waals surface area (Å²) in [5, 5.41) is 8.71. The molecule has 0 heterocycles. The van der Waals surface area contributed by atoms with Gasteiger partial charge in [-0.15, -0.1) is 0 Å². The number of aryl methyl sites for hydroxylation is 1. The number of hydrogen-bond acceptors (Lipinski definition) is 2. The Morgan fingerprint density at radius 2 is 1.92 bits per heavy atom. The number of guanidine groups is 1. The Kier molecular flexibility index (Phi) is 6.95. The van der Waals surface area contributed by atoms with E-state index in [1.165, 1.54) is 17.7 Å². The monoisotopic (exact) mass is 342 g/mol. The van der Waals surface area contributed by atoms with Crippen molar-refractivity contribution in [2.45, 2.75) is 20.4 Å². The standard InChI is InChI=1S/C19H23FN4O/c1-3-21-19(22-12-15-7-4-6-14(2)10-15)23-13-18(25)24-17-9-5-8-16(20)11-17/h4-11H,3,12-13H2,1-2H3,(H,24,25)(H2,21,22,23). The van der Waals surface area contributed by atoms with Crippen LogP contribution in [0.2, 0.25) is 0 Å². The van der Waals surface area contributed by atoms with Gasteiger partial charge in [0.25, 0.3) is 0 Å². The van der Waals surface area contributed by atoms with Gasteiger partial charge in [0.2, 0.25) is 5.91 Å². The first-order valence-electron chi connectivity index (χ1n) is 8.20. The molecule has 0 aromatic heterocycles. The summed E-state index contributed by atoms with van der Waals surface area (Å²) in [6, 6.07) is 13.9. The number of aliphatic imine (C=N–C) groups is 1. The molecule has 0 saturated heterocycles. The largest absolute Gasteiger partial charge is 0.357 e. The van der Waals surface area contributed by atoms with Crippen molar-refractivity contribution in [3.8, 4) is 0 Å². The maximum Gasteiger partial charge on any atom is 0.243 e. The van der Waals surface area contributed by atoms with Gasteiger partial charge in [-0.25, -0.2) is 9.38 Å². The number of carbonyl (C=O) groups excluding carboxylic acids is 1. The fourth-order valence-corrected chi connectivity index (χ4v) is 2.26. The smallest absolute Gasteiger partial charge is 0.243 e. The fraction of sp³-hybridized carbons (Fsp3) is 0.263. The number of carbonyl (C=O) groups is 1. The van der Waals surface area contributed by atoms with E-state index < -0.39 is 0 Å². The van der Waals surface area contributed by atoms with Crippen LogP contribution in [0.4, 0.5) is 10.1 Å². The Hall–Kier alpha value is -2.89. The Morgan fingerprint density at radius 1 is 1.12 bits per heavy atom. The van der Waals surface area contributed by atoms with E-state index in [0.717, 1.165) is 5.56 Å². The van der Waals surface area contributed by atoms with Gasteiger partial charge < -0.3 is 16.0 Å². The van der Waals surface area contributed by atoms with Gasteiger partial charge in [0.05, 0.1) is 13.1 Å². The highest BCUT2D eigenvalue weighted by Gasteiger charge is 2.05. The summed E-state index contributed by atoms with van der Waals surface area (Å²) in [5.74, 6) is -0.107. The lowest BCUT2D eigenvalue weighted by molar-refractivity contribution is -0.115. The normalized spacial score (nSPS) is 11.1. The average molecular weight is 342 g/mol. The molecule has 25 heavy (non-hydrogen) atoms. The second-order valence-electron chi connectivity index (χ2n) is 5.60. The molecular weight excluding hydrogens is 319 g/mol. The van der Waals surface area contributed by atoms with Gasteiger partial charge in [-0.05, 0) is 37.6 Å². The van der Waals surface area contributed by atoms with Crippen molar-refractivity contribution in [2.24, 2.45) is 4.99 Å². The molecular formula is C19H23FN4O. The van der Waals surface area contributed by atoms with Crippen LogP contribution in [0.5, 0.6) is 0 Å². The number of nitrogens with one attached hydrogen (secondary N) is 3. The third kappa shape index (κ3) is 6.63. The Morgan fingerprint density at radius 3 is 2.64 bits per heavy atom. The average Bonchev–Trinajstić information content (AvgIpc) is 2.57. The van der Waals surface area contributed by atoms with Crippen LogP contribution in [0.25, 0.3) is 0 Å². The number of amides is 1. The molecule has 0 saturated carbocycles. The minimum Gasteiger partial charge on any atom is -0.357 e. The predicted octanol–water partition coefficient (Wildman–Crippen LogP) is 2.83. The van der Waals surface area contributed by atoms with Gasteiger partial charge in [-0.1, -0.05) is 35.9 Å². The van der Waals surface area contributed by atoms with Gasteiger partial charge in [-0.3, -0.25) is 4.79 Å². The molecule has 0 radical (unpaired) electrons. The van der Waals surface area contributed by atoms with Crippen LogP contribution in [0.1, 0.15) is 18.1 Å². The first-order chi connectivity index (χ1) is 12.1. The van der Waals surface area contributed by atoms with Crippen LogP contribution >= 0.6 is 0 Å². The van der Waals surface area contributed by atoms with E-state index in [2.05, 4.69) is 27.0 Å². The zero-order valence-electron chi connectivity index (χ0n) is 14.5. The van der Waals surface area contributed by atoms with Crippen molar-refractivity contribution in [1.29, 1.82) is 0 Å². The molecule has 0 atom stereocenters. The molecule has 2 aromatic carbocycles. The second kappa shape index (κ2) is 9.42. The van der Waals surface area contributed by atoms with E-state index >= 15 is 0 Å². The van der Waals surface area contributed by atoms with Crippen LogP contribution in [-0.4, -0.2) is 25.0 Å². The number of hydrogen-bond donors (Lipinski definition) is 3. The van der Waals surface area contributed by atoms with E-state index in [9.17, 15) is 9.18 Å². The van der Waals surface area contributed by atoms with Crippen LogP contribution < -0.4 is 16.0 Å². The van der Waals surface area contributed by atoms with E-state index in [1.807, 2.05) is 32.0 Å². The molecule has 132 valence electrons. The zero-order chi connectivity index (χ0) is 18.1. The highest BCUT2D eigenvalue weighted by atomic mass is 19.1. The number of nitrogens with zero attached hydrogens (tertiary/aromatic N) is 1. The second-order valence-corrected chi connectivity index (χ2v) is 5.60. The van der Waals surface area contributed by atoms with E-state index in [-0.39, 0.29) is 18.3 Å². The van der Waals surface area contributed by atoms with Gasteiger partial charge in [0, 0.05) is 12.2 Å². The molecule has 0 aliphatic rings. The van der Waals surface area contributed by atoms with Crippen molar-refractivity contribution in [3.05, 3.63) is 65.5 Å². The molecule has 6 heteroatoms. The van der Waals surface area contributed by atoms with E-state index in [1.54, 1.807) is 12.1 Å². The maximum absolute atomic E-state index is 13.1. The van der Waals surface area contributed by atoms with Gasteiger partial charge in [-0.2, -0.15) is 0 Å². The summed E-state index contributed by atoms with van der Waals surface area (Å²) in [6.07, 6.45) is 0. The lowest BCUT2D eigenvalue weighted by Gasteiger charge is -2.11. The van der Waals surface area contributed by atoms with Gasteiger partial charge in [0.15, 0.2) is 5.96 Å². The van der Waals surface area contributed by atoms with Crippen LogP contribution in [-0.2, 0) is 11.3 Å². The zero-order valence-corrected chi connectivity index (χ0v) is 14.5. The van der Waals surface area contributed by atoms with Gasteiger partial charge in [0.1, 0.15) is 5.82 Å². The molecule has 0 spiro atoms. The predicted molar refractivity (Wildman–Crippen MR) is 99.0 cm³/mol. The van der Waals surface area contributed by atoms with E-state index in [0.29, 0.717) is 24.7 Å². The topological polar surface area (TPSA) is 65.5 Å².